The molecule has 0 saturated heterocycles. The van der Waals surface area contributed by atoms with Gasteiger partial charge < -0.3 is 10.1 Å². The average molecular weight is 486 g/mol. The summed E-state index contributed by atoms with van der Waals surface area (Å²) in [6, 6.07) is 0. The number of ether oxygens (including phenoxy) is 1. The Bertz CT molecular complexity index is 603. The summed E-state index contributed by atoms with van der Waals surface area (Å²) < 4.78 is 6.19. The topological polar surface area (TPSA) is 38.3 Å². The van der Waals surface area contributed by atoms with E-state index in [9.17, 15) is 4.79 Å². The van der Waals surface area contributed by atoms with Crippen molar-refractivity contribution in [2.45, 2.75) is 172 Å². The van der Waals surface area contributed by atoms with Gasteiger partial charge in [0, 0.05) is 5.54 Å². The maximum Gasteiger partial charge on any atom is 0.246 e. The highest BCUT2D eigenvalue weighted by atomic mass is 16.5. The lowest BCUT2D eigenvalue weighted by Gasteiger charge is -2.57. The van der Waals surface area contributed by atoms with Gasteiger partial charge >= 0.3 is 0 Å². The fraction of sp³-hybridized carbons (Fsp3) is 0.968. The van der Waals surface area contributed by atoms with E-state index in [1.807, 2.05) is 0 Å². The molecule has 2 unspecified atom stereocenters. The summed E-state index contributed by atoms with van der Waals surface area (Å²) in [4.78, 5) is 13.0. The summed E-state index contributed by atoms with van der Waals surface area (Å²) in [6.07, 6.45) is 31.2. The lowest BCUT2D eigenvalue weighted by Crippen LogP contribution is -2.58. The molecule has 0 heterocycles. The van der Waals surface area contributed by atoms with Crippen molar-refractivity contribution in [3.05, 3.63) is 0 Å². The second-order valence-corrected chi connectivity index (χ2v) is 13.2. The number of rotatable bonds is 6. The highest BCUT2D eigenvalue weighted by Crippen LogP contribution is 2.58. The molecule has 2 bridgehead atoms. The molecule has 3 nitrogen and oxygen atoms in total. The molecule has 0 aliphatic heterocycles. The van der Waals surface area contributed by atoms with Crippen molar-refractivity contribution < 1.29 is 9.53 Å². The molecule has 1 amide bonds. The Morgan fingerprint density at radius 1 is 0.714 bits per heavy atom. The molecule has 2 atom stereocenters. The third kappa shape index (κ3) is 7.99. The van der Waals surface area contributed by atoms with E-state index in [0.717, 1.165) is 24.6 Å². The predicted molar refractivity (Wildman–Crippen MR) is 149 cm³/mol. The van der Waals surface area contributed by atoms with E-state index in [0.29, 0.717) is 11.5 Å². The van der Waals surface area contributed by atoms with Crippen molar-refractivity contribution in [1.29, 1.82) is 0 Å². The van der Waals surface area contributed by atoms with Gasteiger partial charge in [0.15, 0.2) is 0 Å². The van der Waals surface area contributed by atoms with Gasteiger partial charge in [-0.3, -0.25) is 4.79 Å². The van der Waals surface area contributed by atoms with Crippen LogP contribution in [0.2, 0.25) is 12.6 Å². The molecule has 5 fully saturated rings. The molecular formula is C31H56BNO2. The molecule has 200 valence electrons. The Morgan fingerprint density at radius 3 is 1.89 bits per heavy atom. The van der Waals surface area contributed by atoms with Gasteiger partial charge in [0.1, 0.15) is 13.9 Å². The van der Waals surface area contributed by atoms with Crippen LogP contribution in [-0.2, 0) is 9.53 Å². The van der Waals surface area contributed by atoms with Crippen molar-refractivity contribution in [3.8, 4) is 0 Å². The van der Waals surface area contributed by atoms with Crippen LogP contribution in [0.5, 0.6) is 0 Å². The molecule has 0 aromatic rings. The summed E-state index contributed by atoms with van der Waals surface area (Å²) in [6.45, 7) is 2.67. The first-order valence-corrected chi connectivity index (χ1v) is 16.1. The van der Waals surface area contributed by atoms with E-state index < -0.39 is 0 Å². The second-order valence-electron chi connectivity index (χ2n) is 13.2. The largest absolute Gasteiger partial charge is 0.368 e. The second kappa shape index (κ2) is 13.9. The van der Waals surface area contributed by atoms with Crippen LogP contribution in [0.15, 0.2) is 0 Å². The van der Waals surface area contributed by atoms with Gasteiger partial charge in [-0.2, -0.15) is 0 Å². The number of carbonyl (C=O) groups excluding carboxylic acids is 1. The van der Waals surface area contributed by atoms with E-state index in [2.05, 4.69) is 12.1 Å². The Labute approximate surface area is 217 Å². The van der Waals surface area contributed by atoms with Gasteiger partial charge in [0.2, 0.25) is 5.91 Å². The minimum atomic E-state index is 0.0712. The molecule has 1 N–H and O–H groups in total. The zero-order valence-corrected chi connectivity index (χ0v) is 23.2. The highest BCUT2D eigenvalue weighted by molar-refractivity contribution is 6.35. The summed E-state index contributed by atoms with van der Waals surface area (Å²) in [5, 5.41) is 3.52. The van der Waals surface area contributed by atoms with Crippen molar-refractivity contribution in [2.75, 3.05) is 6.61 Å². The minimum absolute atomic E-state index is 0.0712. The number of hydrogen-bond acceptors (Lipinski definition) is 2. The lowest BCUT2D eigenvalue weighted by atomic mass is 9.51. The first-order valence-electron chi connectivity index (χ1n) is 16.1. The SMILES string of the molecule is CBC1CCCCCC(C23CCC(NC(=O)COC4CCCCCCCCC4)(CC2)CC3)CCC1. The van der Waals surface area contributed by atoms with Crippen molar-refractivity contribution in [3.63, 3.8) is 0 Å². The van der Waals surface area contributed by atoms with E-state index in [-0.39, 0.29) is 18.1 Å². The van der Waals surface area contributed by atoms with Gasteiger partial charge in [-0.15, -0.1) is 0 Å². The van der Waals surface area contributed by atoms with Crippen molar-refractivity contribution >= 4 is 13.2 Å². The summed E-state index contributed by atoms with van der Waals surface area (Å²) >= 11 is 0. The number of fused-ring (bicyclic) bond motifs is 3. The summed E-state index contributed by atoms with van der Waals surface area (Å²) in [5.74, 6) is 2.06. The third-order valence-electron chi connectivity index (χ3n) is 11.0. The van der Waals surface area contributed by atoms with E-state index in [1.165, 1.54) is 142 Å². The lowest BCUT2D eigenvalue weighted by molar-refractivity contribution is -0.133. The summed E-state index contributed by atoms with van der Waals surface area (Å²) in [7, 11) is 1.38. The molecule has 0 spiro atoms. The maximum atomic E-state index is 13.0. The molecule has 4 heteroatoms. The van der Waals surface area contributed by atoms with E-state index in [1.54, 1.807) is 0 Å². The molecule has 5 saturated carbocycles. The molecule has 0 radical (unpaired) electrons. The van der Waals surface area contributed by atoms with Crippen molar-refractivity contribution in [1.82, 2.24) is 5.32 Å². The smallest absolute Gasteiger partial charge is 0.246 e. The number of carbonyl (C=O) groups is 1. The van der Waals surface area contributed by atoms with Crippen LogP contribution in [0.3, 0.4) is 0 Å². The van der Waals surface area contributed by atoms with Gasteiger partial charge in [-0.05, 0) is 75.5 Å². The molecular weight excluding hydrogens is 429 g/mol. The fourth-order valence-electron chi connectivity index (χ4n) is 8.44. The number of hydrogen-bond donors (Lipinski definition) is 1. The summed E-state index contributed by atoms with van der Waals surface area (Å²) in [5.41, 5.74) is 0.655. The number of nitrogens with one attached hydrogen (secondary N) is 1. The van der Waals surface area contributed by atoms with Crippen LogP contribution >= 0.6 is 0 Å². The normalized spacial score (nSPS) is 36.3. The average Bonchev–Trinajstić information content (AvgIpc) is 2.90. The number of amides is 1. The van der Waals surface area contributed by atoms with Crippen LogP contribution in [0.25, 0.3) is 0 Å². The predicted octanol–water partition coefficient (Wildman–Crippen LogP) is 8.13. The maximum absolute atomic E-state index is 13.0. The zero-order chi connectivity index (χ0) is 24.4. The Kier molecular flexibility index (Phi) is 10.9. The van der Waals surface area contributed by atoms with Gasteiger partial charge in [-0.25, -0.2) is 0 Å². The molecule has 0 aromatic carbocycles. The van der Waals surface area contributed by atoms with Crippen LogP contribution < -0.4 is 5.32 Å². The highest BCUT2D eigenvalue weighted by Gasteiger charge is 2.51. The van der Waals surface area contributed by atoms with Gasteiger partial charge in [0.05, 0.1) is 6.10 Å². The van der Waals surface area contributed by atoms with Crippen LogP contribution in [0.1, 0.15) is 148 Å². The minimum Gasteiger partial charge on any atom is -0.368 e. The van der Waals surface area contributed by atoms with Crippen LogP contribution in [-0.4, -0.2) is 31.4 Å². The van der Waals surface area contributed by atoms with Crippen molar-refractivity contribution in [2.24, 2.45) is 11.3 Å². The van der Waals surface area contributed by atoms with E-state index >= 15 is 0 Å². The quantitative estimate of drug-likeness (QED) is 0.386. The van der Waals surface area contributed by atoms with Crippen LogP contribution in [0, 0.1) is 11.3 Å². The molecule has 0 aromatic heterocycles. The molecule has 35 heavy (non-hydrogen) atoms. The standard InChI is InChI=1S/C31H56BNO2/c1-32-27-15-9-7-8-13-26(14-12-16-27)30-19-22-31(23-20-30,24-21-30)33-29(34)25-35-28-17-10-5-3-2-4-6-11-18-28/h26-28,32H,2-25H2,1H3,(H,33,34). The van der Waals surface area contributed by atoms with Gasteiger partial charge in [-0.1, -0.05) is 96.1 Å². The third-order valence-corrected chi connectivity index (χ3v) is 11.0. The molecule has 5 aliphatic rings. The Morgan fingerprint density at radius 2 is 1.23 bits per heavy atom. The Hall–Kier alpha value is -0.505. The Balaban J connectivity index is 1.23. The van der Waals surface area contributed by atoms with E-state index in [4.69, 9.17) is 4.74 Å². The van der Waals surface area contributed by atoms with Crippen LogP contribution in [0.4, 0.5) is 0 Å². The first kappa shape index (κ1) is 27.5. The monoisotopic (exact) mass is 485 g/mol. The van der Waals surface area contributed by atoms with Gasteiger partial charge in [0.25, 0.3) is 0 Å². The first-order chi connectivity index (χ1) is 17.1. The molecule has 5 rings (SSSR count). The zero-order valence-electron chi connectivity index (χ0n) is 23.2. The molecule has 5 aliphatic carbocycles. The fourth-order valence-corrected chi connectivity index (χ4v) is 8.44.